The number of primary amides is 1. The summed E-state index contributed by atoms with van der Waals surface area (Å²) in [6, 6.07) is 3.21. The zero-order chi connectivity index (χ0) is 10.4. The molecule has 3 N–H and O–H groups in total. The summed E-state index contributed by atoms with van der Waals surface area (Å²) >= 11 is 0. The van der Waals surface area contributed by atoms with Crippen molar-refractivity contribution in [3.8, 4) is 0 Å². The van der Waals surface area contributed by atoms with Crippen molar-refractivity contribution >= 4 is 11.8 Å². The highest BCUT2D eigenvalue weighted by Crippen LogP contribution is 1.98. The van der Waals surface area contributed by atoms with E-state index in [4.69, 9.17) is 10.2 Å². The van der Waals surface area contributed by atoms with E-state index in [0.29, 0.717) is 13.0 Å². The van der Waals surface area contributed by atoms with Gasteiger partial charge in [0.05, 0.1) is 6.26 Å². The molecule has 0 aliphatic rings. The van der Waals surface area contributed by atoms with Crippen molar-refractivity contribution in [2.75, 3.05) is 6.54 Å². The molecule has 0 aliphatic carbocycles. The first-order valence-electron chi connectivity index (χ1n) is 4.30. The van der Waals surface area contributed by atoms with Crippen molar-refractivity contribution in [2.45, 2.75) is 12.8 Å². The zero-order valence-electron chi connectivity index (χ0n) is 7.66. The van der Waals surface area contributed by atoms with Gasteiger partial charge in [-0.1, -0.05) is 0 Å². The fourth-order valence-electron chi connectivity index (χ4n) is 0.959. The molecule has 0 fully saturated rings. The van der Waals surface area contributed by atoms with Gasteiger partial charge < -0.3 is 15.5 Å². The van der Waals surface area contributed by atoms with E-state index in [-0.39, 0.29) is 24.0 Å². The molecule has 0 atom stereocenters. The fraction of sp³-hybridized carbons (Fsp3) is 0.333. The predicted octanol–water partition coefficient (Wildman–Crippen LogP) is 0.275. The van der Waals surface area contributed by atoms with Gasteiger partial charge in [-0.25, -0.2) is 0 Å². The van der Waals surface area contributed by atoms with Gasteiger partial charge in [0.25, 0.3) is 5.91 Å². The van der Waals surface area contributed by atoms with Crippen LogP contribution in [0, 0.1) is 0 Å². The maximum atomic E-state index is 11.2. The van der Waals surface area contributed by atoms with E-state index < -0.39 is 0 Å². The molecular weight excluding hydrogens is 184 g/mol. The van der Waals surface area contributed by atoms with Gasteiger partial charge in [0.15, 0.2) is 5.76 Å². The van der Waals surface area contributed by atoms with Crippen LogP contribution in [0.1, 0.15) is 23.4 Å². The first-order valence-corrected chi connectivity index (χ1v) is 4.30. The molecule has 0 saturated carbocycles. The molecule has 1 aromatic rings. The maximum absolute atomic E-state index is 11.2. The molecule has 14 heavy (non-hydrogen) atoms. The maximum Gasteiger partial charge on any atom is 0.286 e. The van der Waals surface area contributed by atoms with E-state index in [9.17, 15) is 9.59 Å². The molecule has 1 aromatic heterocycles. The summed E-state index contributed by atoms with van der Waals surface area (Å²) in [5, 5.41) is 2.60. The molecule has 0 bridgehead atoms. The normalized spacial score (nSPS) is 9.71. The fourth-order valence-corrected chi connectivity index (χ4v) is 0.959. The van der Waals surface area contributed by atoms with Crippen LogP contribution in [-0.4, -0.2) is 18.4 Å². The summed E-state index contributed by atoms with van der Waals surface area (Å²) in [5.41, 5.74) is 4.93. The minimum atomic E-state index is -0.364. The lowest BCUT2D eigenvalue weighted by Gasteiger charge is -2.00. The summed E-state index contributed by atoms with van der Waals surface area (Å²) in [4.78, 5) is 21.6. The number of carbonyl (C=O) groups excluding carboxylic acids is 2. The molecule has 0 radical (unpaired) electrons. The minimum Gasteiger partial charge on any atom is -0.459 e. The molecular formula is C9H12N2O3. The molecule has 2 amide bonds. The summed E-state index contributed by atoms with van der Waals surface area (Å²) < 4.78 is 4.87. The highest BCUT2D eigenvalue weighted by Gasteiger charge is 2.06. The van der Waals surface area contributed by atoms with Gasteiger partial charge in [-0.2, -0.15) is 0 Å². The van der Waals surface area contributed by atoms with Crippen LogP contribution in [0.15, 0.2) is 22.8 Å². The Morgan fingerprint density at radius 3 is 2.86 bits per heavy atom. The van der Waals surface area contributed by atoms with E-state index in [1.807, 2.05) is 0 Å². The van der Waals surface area contributed by atoms with Crippen molar-refractivity contribution in [1.29, 1.82) is 0 Å². The topological polar surface area (TPSA) is 85.3 Å². The van der Waals surface area contributed by atoms with Crippen LogP contribution < -0.4 is 11.1 Å². The Kier molecular flexibility index (Phi) is 3.72. The van der Waals surface area contributed by atoms with Crippen LogP contribution in [0.3, 0.4) is 0 Å². The first-order chi connectivity index (χ1) is 6.70. The standard InChI is InChI=1S/C9H12N2O3/c10-8(12)4-1-5-11-9(13)7-3-2-6-14-7/h2-3,6H,1,4-5H2,(H2,10,12)(H,11,13). The second-order valence-electron chi connectivity index (χ2n) is 2.80. The molecule has 0 saturated heterocycles. The molecule has 5 nitrogen and oxygen atoms in total. The zero-order valence-corrected chi connectivity index (χ0v) is 7.66. The highest BCUT2D eigenvalue weighted by molar-refractivity contribution is 5.91. The predicted molar refractivity (Wildman–Crippen MR) is 49.5 cm³/mol. The third-order valence-electron chi connectivity index (χ3n) is 1.63. The lowest BCUT2D eigenvalue weighted by atomic mass is 10.3. The average molecular weight is 196 g/mol. The number of nitrogens with two attached hydrogens (primary N) is 1. The van der Waals surface area contributed by atoms with E-state index >= 15 is 0 Å². The Labute approximate surface area is 81.3 Å². The van der Waals surface area contributed by atoms with Gasteiger partial charge in [0, 0.05) is 13.0 Å². The van der Waals surface area contributed by atoms with Gasteiger partial charge >= 0.3 is 0 Å². The van der Waals surface area contributed by atoms with Gasteiger partial charge in [-0.3, -0.25) is 9.59 Å². The van der Waals surface area contributed by atoms with Gasteiger partial charge in [-0.15, -0.1) is 0 Å². The largest absolute Gasteiger partial charge is 0.459 e. The van der Waals surface area contributed by atoms with Crippen molar-refractivity contribution in [1.82, 2.24) is 5.32 Å². The first kappa shape index (κ1) is 10.3. The minimum absolute atomic E-state index is 0.268. The van der Waals surface area contributed by atoms with Gasteiger partial charge in [0.2, 0.25) is 5.91 Å². The summed E-state index contributed by atoms with van der Waals surface area (Å²) in [5.74, 6) is -0.374. The third kappa shape index (κ3) is 3.30. The average Bonchev–Trinajstić information content (AvgIpc) is 2.64. The second kappa shape index (κ2) is 5.06. The Bertz CT molecular complexity index is 306. The SMILES string of the molecule is NC(=O)CCCNC(=O)c1ccco1. The number of hydrogen-bond donors (Lipinski definition) is 2. The molecule has 5 heteroatoms. The summed E-state index contributed by atoms with van der Waals surface area (Å²) in [6.45, 7) is 0.419. The van der Waals surface area contributed by atoms with E-state index in [1.54, 1.807) is 12.1 Å². The van der Waals surface area contributed by atoms with Crippen LogP contribution in [-0.2, 0) is 4.79 Å². The number of hydrogen-bond acceptors (Lipinski definition) is 3. The lowest BCUT2D eigenvalue weighted by Crippen LogP contribution is -2.25. The van der Waals surface area contributed by atoms with Gasteiger partial charge in [0.1, 0.15) is 0 Å². The molecule has 1 heterocycles. The van der Waals surface area contributed by atoms with Crippen LogP contribution in [0.5, 0.6) is 0 Å². The third-order valence-corrected chi connectivity index (χ3v) is 1.63. The molecule has 0 aromatic carbocycles. The lowest BCUT2D eigenvalue weighted by molar-refractivity contribution is -0.118. The van der Waals surface area contributed by atoms with Crippen LogP contribution in [0.2, 0.25) is 0 Å². The number of carbonyl (C=O) groups is 2. The molecule has 0 unspecified atom stereocenters. The van der Waals surface area contributed by atoms with Crippen molar-refractivity contribution in [2.24, 2.45) is 5.73 Å². The van der Waals surface area contributed by atoms with Crippen molar-refractivity contribution in [3.05, 3.63) is 24.2 Å². The van der Waals surface area contributed by atoms with E-state index in [2.05, 4.69) is 5.32 Å². The van der Waals surface area contributed by atoms with Gasteiger partial charge in [-0.05, 0) is 18.6 Å². The monoisotopic (exact) mass is 196 g/mol. The van der Waals surface area contributed by atoms with E-state index in [0.717, 1.165) is 0 Å². The quantitative estimate of drug-likeness (QED) is 0.663. The summed E-state index contributed by atoms with van der Waals surface area (Å²) in [6.07, 6.45) is 2.25. The molecule has 0 spiro atoms. The molecule has 0 aliphatic heterocycles. The van der Waals surface area contributed by atoms with Crippen LogP contribution in [0.4, 0.5) is 0 Å². The second-order valence-corrected chi connectivity index (χ2v) is 2.80. The Hall–Kier alpha value is -1.78. The number of rotatable bonds is 5. The van der Waals surface area contributed by atoms with E-state index in [1.165, 1.54) is 6.26 Å². The van der Waals surface area contributed by atoms with Crippen LogP contribution in [0.25, 0.3) is 0 Å². The van der Waals surface area contributed by atoms with Crippen LogP contribution >= 0.6 is 0 Å². The summed E-state index contributed by atoms with van der Waals surface area (Å²) in [7, 11) is 0. The Balaban J connectivity index is 2.19. The van der Waals surface area contributed by atoms with Crippen molar-refractivity contribution < 1.29 is 14.0 Å². The highest BCUT2D eigenvalue weighted by atomic mass is 16.3. The number of amides is 2. The van der Waals surface area contributed by atoms with Crippen molar-refractivity contribution in [3.63, 3.8) is 0 Å². The molecule has 76 valence electrons. The Morgan fingerprint density at radius 2 is 2.29 bits per heavy atom. The number of furan rings is 1. The number of nitrogens with one attached hydrogen (secondary N) is 1. The molecule has 1 rings (SSSR count). The smallest absolute Gasteiger partial charge is 0.286 e. The Morgan fingerprint density at radius 1 is 1.50 bits per heavy atom.